The van der Waals surface area contributed by atoms with E-state index in [2.05, 4.69) is 0 Å². The molecule has 3 heteroatoms. The van der Waals surface area contributed by atoms with E-state index in [1.54, 1.807) is 6.92 Å². The second-order valence-electron chi connectivity index (χ2n) is 0.519. The molecule has 0 radical (unpaired) electrons. The lowest BCUT2D eigenvalue weighted by Crippen LogP contribution is -1.63. The highest BCUT2D eigenvalue weighted by Crippen LogP contribution is 1.95. The van der Waals surface area contributed by atoms with Gasteiger partial charge in [-0.3, -0.25) is 0 Å². The summed E-state index contributed by atoms with van der Waals surface area (Å²) < 4.78 is 0. The van der Waals surface area contributed by atoms with Crippen LogP contribution in [0.3, 0.4) is 0 Å². The normalized spacial score (nSPS) is 7.20. The van der Waals surface area contributed by atoms with Gasteiger partial charge in [-0.2, -0.15) is 0 Å². The van der Waals surface area contributed by atoms with Gasteiger partial charge in [-0.1, -0.05) is 0 Å². The second kappa shape index (κ2) is 5.06. The Morgan fingerprint density at radius 3 is 1.40 bits per heavy atom. The summed E-state index contributed by atoms with van der Waals surface area (Å²) in [7, 11) is 0. The zero-order chi connectivity index (χ0) is 3.58. The first-order valence-corrected chi connectivity index (χ1v) is 1.89. The maximum absolute atomic E-state index is 5.04. The molecule has 34 valence electrons. The van der Waals surface area contributed by atoms with Gasteiger partial charge in [-0.05, 0) is 6.92 Å². The number of hydrogen-bond donors (Lipinski definition) is 0. The first-order chi connectivity index (χ1) is 1.73. The predicted octanol–water partition coefficient (Wildman–Crippen LogP) is 2.39. The van der Waals surface area contributed by atoms with Crippen molar-refractivity contribution in [1.82, 2.24) is 0 Å². The van der Waals surface area contributed by atoms with E-state index in [4.69, 9.17) is 23.2 Å². The van der Waals surface area contributed by atoms with Crippen molar-refractivity contribution in [2.45, 2.75) is 11.8 Å². The molecule has 0 saturated carbocycles. The summed E-state index contributed by atoms with van der Waals surface area (Å²) >= 11 is 10.1. The van der Waals surface area contributed by atoms with Crippen molar-refractivity contribution in [3.05, 3.63) is 0 Å². The van der Waals surface area contributed by atoms with Gasteiger partial charge in [0, 0.05) is 0 Å². The van der Waals surface area contributed by atoms with Gasteiger partial charge in [-0.15, -0.1) is 40.2 Å². The molecule has 0 atom stereocenters. The largest absolute Gasteiger partial charge is 0.114 e. The maximum Gasteiger partial charge on any atom is 0.105 e. The van der Waals surface area contributed by atoms with Crippen LogP contribution < -0.4 is 0 Å². The standard InChI is InChI=1S/C2H4Cl2.BrH/c1-2(3)4;/h2H,1H3;1H. The number of alkyl halides is 2. The van der Waals surface area contributed by atoms with Crippen LogP contribution in [0.4, 0.5) is 0 Å². The molecule has 0 aromatic heterocycles. The van der Waals surface area contributed by atoms with Crippen LogP contribution >= 0.6 is 40.2 Å². The summed E-state index contributed by atoms with van der Waals surface area (Å²) in [5.41, 5.74) is 0. The molecule has 0 aromatic rings. The van der Waals surface area contributed by atoms with Crippen molar-refractivity contribution >= 4 is 40.2 Å². The topological polar surface area (TPSA) is 0 Å². The molecule has 0 unspecified atom stereocenters. The van der Waals surface area contributed by atoms with E-state index in [-0.39, 0.29) is 21.8 Å². The SMILES string of the molecule is Br.CC(Cl)Cl. The summed E-state index contributed by atoms with van der Waals surface area (Å²) in [6, 6.07) is 0. The third-order valence-electron chi connectivity index (χ3n) is 0. The van der Waals surface area contributed by atoms with E-state index < -0.39 is 0 Å². The van der Waals surface area contributed by atoms with Crippen LogP contribution in [0.15, 0.2) is 0 Å². The number of halogens is 3. The van der Waals surface area contributed by atoms with Crippen LogP contribution in [0.5, 0.6) is 0 Å². The van der Waals surface area contributed by atoms with E-state index in [0.717, 1.165) is 0 Å². The zero-order valence-corrected chi connectivity index (χ0v) is 5.97. The van der Waals surface area contributed by atoms with Gasteiger partial charge in [0.15, 0.2) is 0 Å². The maximum atomic E-state index is 5.04. The van der Waals surface area contributed by atoms with Crippen molar-refractivity contribution in [2.75, 3.05) is 0 Å². The lowest BCUT2D eigenvalue weighted by Gasteiger charge is -1.72. The molecule has 5 heavy (non-hydrogen) atoms. The molecule has 0 aliphatic rings. The fourth-order valence-electron chi connectivity index (χ4n) is 0. The Morgan fingerprint density at radius 1 is 1.40 bits per heavy atom. The summed E-state index contributed by atoms with van der Waals surface area (Å²) in [5.74, 6) is 0. The average Bonchev–Trinajstić information content (AvgIpc) is 0.811. The summed E-state index contributed by atoms with van der Waals surface area (Å²) in [4.78, 5) is -0.222. The molecule has 0 bridgehead atoms. The third-order valence-corrected chi connectivity index (χ3v) is 0. The molecule has 0 rings (SSSR count). The molecule has 0 saturated heterocycles. The molecule has 0 nitrogen and oxygen atoms in total. The summed E-state index contributed by atoms with van der Waals surface area (Å²) in [6.07, 6.45) is 0. The first-order valence-electron chi connectivity index (χ1n) is 1.01. The minimum atomic E-state index is -0.222. The van der Waals surface area contributed by atoms with E-state index >= 15 is 0 Å². The Hall–Kier alpha value is 1.06. The van der Waals surface area contributed by atoms with E-state index in [1.165, 1.54) is 0 Å². The van der Waals surface area contributed by atoms with E-state index in [1.807, 2.05) is 0 Å². The van der Waals surface area contributed by atoms with Crippen LogP contribution in [0.25, 0.3) is 0 Å². The molecular weight excluding hydrogens is 175 g/mol. The van der Waals surface area contributed by atoms with Crippen molar-refractivity contribution < 1.29 is 0 Å². The molecule has 0 aromatic carbocycles. The molecule has 0 heterocycles. The van der Waals surface area contributed by atoms with Crippen LogP contribution in [0.2, 0.25) is 0 Å². The van der Waals surface area contributed by atoms with Gasteiger partial charge in [-0.25, -0.2) is 0 Å². The summed E-state index contributed by atoms with van der Waals surface area (Å²) in [5, 5.41) is 0. The van der Waals surface area contributed by atoms with Crippen molar-refractivity contribution in [2.24, 2.45) is 0 Å². The fourth-order valence-corrected chi connectivity index (χ4v) is 0. The lowest BCUT2D eigenvalue weighted by atomic mass is 11.0. The zero-order valence-electron chi connectivity index (χ0n) is 2.74. The predicted molar refractivity (Wildman–Crippen MR) is 31.5 cm³/mol. The number of rotatable bonds is 0. The van der Waals surface area contributed by atoms with Crippen LogP contribution in [-0.4, -0.2) is 4.84 Å². The molecule has 0 amide bonds. The Morgan fingerprint density at radius 2 is 1.40 bits per heavy atom. The second-order valence-corrected chi connectivity index (χ2v) is 2.05. The van der Waals surface area contributed by atoms with Gasteiger partial charge in [0.05, 0.1) is 0 Å². The summed E-state index contributed by atoms with van der Waals surface area (Å²) in [6.45, 7) is 1.70. The third kappa shape index (κ3) is 42.2. The quantitative estimate of drug-likeness (QED) is 0.502. The highest BCUT2D eigenvalue weighted by atomic mass is 79.9. The molecule has 0 aliphatic carbocycles. The first kappa shape index (κ1) is 9.41. The minimum Gasteiger partial charge on any atom is -0.114 e. The molecule has 0 fully saturated rings. The van der Waals surface area contributed by atoms with Crippen LogP contribution in [-0.2, 0) is 0 Å². The highest BCUT2D eigenvalue weighted by Gasteiger charge is 1.75. The van der Waals surface area contributed by atoms with E-state index in [9.17, 15) is 0 Å². The van der Waals surface area contributed by atoms with Gasteiger partial charge in [0.1, 0.15) is 4.84 Å². The van der Waals surface area contributed by atoms with Gasteiger partial charge in [0.25, 0.3) is 0 Å². The fraction of sp³-hybridized carbons (Fsp3) is 1.00. The van der Waals surface area contributed by atoms with Gasteiger partial charge < -0.3 is 0 Å². The average molecular weight is 180 g/mol. The molecule has 0 spiro atoms. The smallest absolute Gasteiger partial charge is 0.105 e. The Kier molecular flexibility index (Phi) is 9.53. The van der Waals surface area contributed by atoms with Crippen LogP contribution in [0, 0.1) is 0 Å². The monoisotopic (exact) mass is 178 g/mol. The van der Waals surface area contributed by atoms with Crippen molar-refractivity contribution in [3.8, 4) is 0 Å². The Balaban J connectivity index is 0. The number of hydrogen-bond acceptors (Lipinski definition) is 0. The van der Waals surface area contributed by atoms with Crippen LogP contribution in [0.1, 0.15) is 6.92 Å². The lowest BCUT2D eigenvalue weighted by molar-refractivity contribution is 1.39. The van der Waals surface area contributed by atoms with Gasteiger partial charge in [0.2, 0.25) is 0 Å². The Labute approximate surface area is 52.2 Å². The van der Waals surface area contributed by atoms with E-state index in [0.29, 0.717) is 0 Å². The van der Waals surface area contributed by atoms with Crippen molar-refractivity contribution in [1.29, 1.82) is 0 Å². The molecule has 0 aliphatic heterocycles. The van der Waals surface area contributed by atoms with Gasteiger partial charge >= 0.3 is 0 Å². The molecular formula is C2H5BrCl2. The Bertz CT molecular complexity index is 12.4. The highest BCUT2D eigenvalue weighted by molar-refractivity contribution is 8.93. The van der Waals surface area contributed by atoms with Crippen molar-refractivity contribution in [3.63, 3.8) is 0 Å². The minimum absolute atomic E-state index is 0. The molecule has 0 N–H and O–H groups in total.